The van der Waals surface area contributed by atoms with Crippen molar-refractivity contribution >= 4 is 0 Å². The molecule has 2 heterocycles. The summed E-state index contributed by atoms with van der Waals surface area (Å²) in [6.07, 6.45) is 0.355. The molecule has 2 aliphatic rings. The lowest BCUT2D eigenvalue weighted by Gasteiger charge is -2.31. The van der Waals surface area contributed by atoms with Gasteiger partial charge in [0.25, 0.3) is 0 Å². The van der Waals surface area contributed by atoms with Crippen molar-refractivity contribution in [1.29, 1.82) is 0 Å². The molecule has 3 heteroatoms. The van der Waals surface area contributed by atoms with Crippen LogP contribution in [0.3, 0.4) is 0 Å². The van der Waals surface area contributed by atoms with Crippen molar-refractivity contribution < 1.29 is 4.74 Å². The lowest BCUT2D eigenvalue weighted by atomic mass is 10.1. The van der Waals surface area contributed by atoms with E-state index >= 15 is 0 Å². The van der Waals surface area contributed by atoms with Gasteiger partial charge in [-0.15, -0.1) is 0 Å². The zero-order chi connectivity index (χ0) is 19.5. The van der Waals surface area contributed by atoms with Crippen LogP contribution < -0.4 is 0 Å². The van der Waals surface area contributed by atoms with Crippen LogP contribution in [0.5, 0.6) is 0 Å². The minimum absolute atomic E-state index is 0.355. The van der Waals surface area contributed by atoms with Gasteiger partial charge in [0.1, 0.15) is 0 Å². The molecule has 4 atom stereocenters. The lowest BCUT2D eigenvalue weighted by Crippen LogP contribution is -2.43. The summed E-state index contributed by atoms with van der Waals surface area (Å²) in [5.74, 6) is 0. The van der Waals surface area contributed by atoms with E-state index in [-0.39, 0.29) is 0 Å². The summed E-state index contributed by atoms with van der Waals surface area (Å²) in [5, 5.41) is 0. The zero-order valence-electron chi connectivity index (χ0n) is 16.7. The minimum Gasteiger partial charge on any atom is -0.371 e. The Labute approximate surface area is 173 Å². The third kappa shape index (κ3) is 4.76. The van der Waals surface area contributed by atoms with E-state index in [1.807, 2.05) is 0 Å². The molecule has 2 aliphatic heterocycles. The molecule has 0 amide bonds. The van der Waals surface area contributed by atoms with Gasteiger partial charge < -0.3 is 4.74 Å². The summed E-state index contributed by atoms with van der Waals surface area (Å²) in [6.45, 7) is 4.98. The molecule has 2 fully saturated rings. The number of nitrogens with zero attached hydrogens (tertiary/aromatic N) is 2. The highest BCUT2D eigenvalue weighted by molar-refractivity contribution is 5.20. The van der Waals surface area contributed by atoms with Gasteiger partial charge in [-0.25, -0.2) is 0 Å². The highest BCUT2D eigenvalue weighted by Gasteiger charge is 2.50. The molecule has 0 bridgehead atoms. The molecular weight excluding hydrogens is 356 g/mol. The first-order chi connectivity index (χ1) is 14.4. The number of rotatable bonds is 9. The van der Waals surface area contributed by atoms with Crippen LogP contribution in [0.1, 0.15) is 16.7 Å². The standard InChI is InChI=1S/C26H28N2O/c1-4-10-21(11-5-1)16-27-19-24(27)26(25-20-29-25)28(17-22-12-6-2-7-13-22)18-23-14-8-3-9-15-23/h1-15,24-26H,16-20H2/t24-,25-,26+,27?/m0/s1. The maximum absolute atomic E-state index is 5.86. The molecular formula is C26H28N2O. The molecule has 29 heavy (non-hydrogen) atoms. The molecule has 0 spiro atoms. The molecule has 0 aliphatic carbocycles. The highest BCUT2D eigenvalue weighted by Crippen LogP contribution is 2.35. The first kappa shape index (κ1) is 18.6. The SMILES string of the molecule is c1ccc(CN(Cc2ccccc2)[C@@H]([C@@H]2CO2)[C@@H]2CN2Cc2ccccc2)cc1. The highest BCUT2D eigenvalue weighted by atomic mass is 16.6. The fraction of sp³-hybridized carbons (Fsp3) is 0.308. The number of hydrogen-bond donors (Lipinski definition) is 0. The Bertz CT molecular complexity index is 854. The van der Waals surface area contributed by atoms with Crippen LogP contribution in [0.25, 0.3) is 0 Å². The van der Waals surface area contributed by atoms with Crippen molar-refractivity contribution in [3.8, 4) is 0 Å². The van der Waals surface area contributed by atoms with Gasteiger partial charge in [0.15, 0.2) is 0 Å². The molecule has 2 saturated heterocycles. The minimum atomic E-state index is 0.355. The molecule has 0 radical (unpaired) electrons. The largest absolute Gasteiger partial charge is 0.371 e. The number of ether oxygens (including phenoxy) is 1. The topological polar surface area (TPSA) is 18.8 Å². The van der Waals surface area contributed by atoms with Gasteiger partial charge in [0.05, 0.1) is 18.8 Å². The van der Waals surface area contributed by atoms with Gasteiger partial charge in [-0.1, -0.05) is 91.0 Å². The maximum atomic E-state index is 5.86. The van der Waals surface area contributed by atoms with Crippen LogP contribution in [-0.2, 0) is 24.4 Å². The van der Waals surface area contributed by atoms with E-state index in [1.54, 1.807) is 0 Å². The van der Waals surface area contributed by atoms with E-state index < -0.39 is 0 Å². The molecule has 148 valence electrons. The molecule has 0 aromatic heterocycles. The predicted molar refractivity (Wildman–Crippen MR) is 116 cm³/mol. The smallest absolute Gasteiger partial charge is 0.0980 e. The van der Waals surface area contributed by atoms with E-state index in [0.717, 1.165) is 32.8 Å². The average molecular weight is 385 g/mol. The van der Waals surface area contributed by atoms with Crippen LogP contribution in [0, 0.1) is 0 Å². The second-order valence-corrected chi connectivity index (χ2v) is 8.22. The maximum Gasteiger partial charge on any atom is 0.0980 e. The monoisotopic (exact) mass is 384 g/mol. The van der Waals surface area contributed by atoms with Gasteiger partial charge in [0, 0.05) is 32.2 Å². The van der Waals surface area contributed by atoms with Gasteiger partial charge >= 0.3 is 0 Å². The molecule has 3 nitrogen and oxygen atoms in total. The van der Waals surface area contributed by atoms with Crippen LogP contribution in [0.15, 0.2) is 91.0 Å². The summed E-state index contributed by atoms with van der Waals surface area (Å²) in [5.41, 5.74) is 4.12. The van der Waals surface area contributed by atoms with Crippen molar-refractivity contribution in [3.63, 3.8) is 0 Å². The van der Waals surface area contributed by atoms with E-state index in [1.165, 1.54) is 16.7 Å². The zero-order valence-corrected chi connectivity index (χ0v) is 16.7. The van der Waals surface area contributed by atoms with Crippen molar-refractivity contribution in [2.24, 2.45) is 0 Å². The fourth-order valence-electron chi connectivity index (χ4n) is 4.40. The predicted octanol–water partition coefficient (Wildman–Crippen LogP) is 4.34. The number of benzene rings is 3. The van der Waals surface area contributed by atoms with Gasteiger partial charge in [-0.2, -0.15) is 0 Å². The number of epoxide rings is 1. The quantitative estimate of drug-likeness (QED) is 0.512. The third-order valence-electron chi connectivity index (χ3n) is 6.00. The lowest BCUT2D eigenvalue weighted by molar-refractivity contribution is 0.130. The molecule has 5 rings (SSSR count). The average Bonchev–Trinajstić information content (AvgIpc) is 3.69. The second kappa shape index (κ2) is 8.50. The first-order valence-electron chi connectivity index (χ1n) is 10.6. The first-order valence-corrected chi connectivity index (χ1v) is 10.6. The Hall–Kier alpha value is -2.46. The molecule has 1 unspecified atom stereocenters. The summed E-state index contributed by atoms with van der Waals surface area (Å²) >= 11 is 0. The molecule has 0 saturated carbocycles. The van der Waals surface area contributed by atoms with Crippen molar-refractivity contribution in [3.05, 3.63) is 108 Å². The Morgan fingerprint density at radius 3 is 1.72 bits per heavy atom. The van der Waals surface area contributed by atoms with Crippen molar-refractivity contribution in [1.82, 2.24) is 9.80 Å². The van der Waals surface area contributed by atoms with E-state index in [4.69, 9.17) is 4.74 Å². The third-order valence-corrected chi connectivity index (χ3v) is 6.00. The second-order valence-electron chi connectivity index (χ2n) is 8.22. The molecule has 3 aromatic rings. The van der Waals surface area contributed by atoms with Gasteiger partial charge in [-0.05, 0) is 16.7 Å². The van der Waals surface area contributed by atoms with E-state index in [0.29, 0.717) is 18.2 Å². The Morgan fingerprint density at radius 2 is 1.24 bits per heavy atom. The molecule has 3 aromatic carbocycles. The summed E-state index contributed by atoms with van der Waals surface area (Å²) < 4.78 is 5.86. The normalized spacial score (nSPS) is 23.7. The van der Waals surface area contributed by atoms with Crippen LogP contribution in [-0.4, -0.2) is 41.1 Å². The fourth-order valence-corrected chi connectivity index (χ4v) is 4.40. The summed E-state index contributed by atoms with van der Waals surface area (Å²) in [4.78, 5) is 5.22. The Morgan fingerprint density at radius 1 is 0.759 bits per heavy atom. The Balaban J connectivity index is 1.35. The Kier molecular flexibility index (Phi) is 5.44. The van der Waals surface area contributed by atoms with E-state index in [9.17, 15) is 0 Å². The number of hydrogen-bond acceptors (Lipinski definition) is 3. The van der Waals surface area contributed by atoms with Gasteiger partial charge in [0.2, 0.25) is 0 Å². The molecule has 0 N–H and O–H groups in total. The van der Waals surface area contributed by atoms with Crippen LogP contribution in [0.4, 0.5) is 0 Å². The summed E-state index contributed by atoms with van der Waals surface area (Å²) in [7, 11) is 0. The van der Waals surface area contributed by atoms with Crippen molar-refractivity contribution in [2.75, 3.05) is 13.2 Å². The van der Waals surface area contributed by atoms with Crippen LogP contribution in [0.2, 0.25) is 0 Å². The van der Waals surface area contributed by atoms with Gasteiger partial charge in [-0.3, -0.25) is 9.80 Å². The van der Waals surface area contributed by atoms with Crippen LogP contribution >= 0.6 is 0 Å². The van der Waals surface area contributed by atoms with E-state index in [2.05, 4.69) is 101 Å². The summed E-state index contributed by atoms with van der Waals surface area (Å²) in [6, 6.07) is 33.5. The van der Waals surface area contributed by atoms with Crippen molar-refractivity contribution in [2.45, 2.75) is 37.8 Å².